The minimum atomic E-state index is -1.68. The zero-order chi connectivity index (χ0) is 19.0. The molecule has 25 heavy (non-hydrogen) atoms. The third kappa shape index (κ3) is 7.25. The lowest BCUT2D eigenvalue weighted by Gasteiger charge is -2.21. The fraction of sp³-hybridized carbons (Fsp3) is 0.250. The average Bonchev–Trinajstić information content (AvgIpc) is 2.51. The zero-order valence-electron chi connectivity index (χ0n) is 13.2. The molecular weight excluding hydrogens is 335 g/mol. The number of aliphatic carboxylic acids is 2. The summed E-state index contributed by atoms with van der Waals surface area (Å²) in [6, 6.07) is 3.38. The number of carbonyl (C=O) groups excluding carboxylic acids is 4. The number of carbonyl (C=O) groups is 4. The van der Waals surface area contributed by atoms with Gasteiger partial charge < -0.3 is 30.4 Å². The lowest BCUT2D eigenvalue weighted by Crippen LogP contribution is -2.50. The molecule has 0 saturated carbocycles. The topological polar surface area (TPSA) is 138 Å². The number of rotatable bonds is 8. The highest BCUT2D eigenvalue weighted by Gasteiger charge is 2.17. The van der Waals surface area contributed by atoms with Crippen molar-refractivity contribution in [3.8, 4) is 0 Å². The van der Waals surface area contributed by atoms with E-state index in [1.54, 1.807) is 0 Å². The van der Waals surface area contributed by atoms with E-state index >= 15 is 0 Å². The van der Waals surface area contributed by atoms with Crippen molar-refractivity contribution in [1.82, 2.24) is 10.6 Å². The van der Waals surface area contributed by atoms with E-state index in [9.17, 15) is 33.8 Å². The summed E-state index contributed by atoms with van der Waals surface area (Å²) >= 11 is 0. The van der Waals surface area contributed by atoms with Crippen LogP contribution in [0, 0.1) is 5.82 Å². The van der Waals surface area contributed by atoms with Crippen molar-refractivity contribution in [2.75, 3.05) is 0 Å². The van der Waals surface area contributed by atoms with Crippen LogP contribution in [-0.4, -0.2) is 29.8 Å². The van der Waals surface area contributed by atoms with E-state index in [1.807, 2.05) is 0 Å². The molecule has 0 aliphatic rings. The van der Waals surface area contributed by atoms with Gasteiger partial charge in [0.25, 0.3) is 5.91 Å². The van der Waals surface area contributed by atoms with Crippen LogP contribution in [-0.2, 0) is 19.2 Å². The first kappa shape index (κ1) is 19.8. The second kappa shape index (κ2) is 9.16. The Morgan fingerprint density at radius 1 is 1.16 bits per heavy atom. The molecule has 0 aromatic heterocycles. The number of hydrogen-bond donors (Lipinski definition) is 2. The van der Waals surface area contributed by atoms with Gasteiger partial charge in [-0.3, -0.25) is 9.59 Å². The molecule has 9 heteroatoms. The highest BCUT2D eigenvalue weighted by Crippen LogP contribution is 2.08. The molecule has 2 amide bonds. The molecule has 0 bridgehead atoms. The van der Waals surface area contributed by atoms with Crippen LogP contribution in [0.15, 0.2) is 30.0 Å². The Hall–Kier alpha value is -3.23. The first-order valence-electron chi connectivity index (χ1n) is 7.15. The van der Waals surface area contributed by atoms with Gasteiger partial charge in [0.05, 0.1) is 12.0 Å². The van der Waals surface area contributed by atoms with Crippen molar-refractivity contribution >= 4 is 29.8 Å². The third-order valence-electron chi connectivity index (χ3n) is 2.96. The SMILES string of the molecule is CC(=O)N/C(=C\c1ccc(F)cc1)C(=O)N[C@H](CCC(=O)[O-])C(=O)[O-]. The summed E-state index contributed by atoms with van der Waals surface area (Å²) in [5, 5.41) is 25.7. The molecule has 0 radical (unpaired) electrons. The van der Waals surface area contributed by atoms with Crippen LogP contribution in [0.3, 0.4) is 0 Å². The molecule has 0 unspecified atom stereocenters. The molecule has 0 saturated heterocycles. The monoisotopic (exact) mass is 350 g/mol. The molecule has 0 heterocycles. The van der Waals surface area contributed by atoms with Gasteiger partial charge in [-0.2, -0.15) is 0 Å². The number of carboxylic acids is 2. The standard InChI is InChI=1S/C16H17FN2O6/c1-9(20)18-13(8-10-2-4-11(17)5-3-10)15(23)19-12(16(24)25)6-7-14(21)22/h2-5,8,12H,6-7H2,1H3,(H,18,20)(H,19,23)(H,21,22)(H,24,25)/p-2/b13-8-/t12-/m1/s1. The Kier molecular flexibility index (Phi) is 7.26. The predicted molar refractivity (Wildman–Crippen MR) is 79.4 cm³/mol. The van der Waals surface area contributed by atoms with Gasteiger partial charge in [0.2, 0.25) is 5.91 Å². The average molecular weight is 350 g/mol. The van der Waals surface area contributed by atoms with Crippen molar-refractivity contribution in [3.05, 3.63) is 41.3 Å². The fourth-order valence-electron chi connectivity index (χ4n) is 1.82. The second-order valence-corrected chi connectivity index (χ2v) is 5.05. The maximum absolute atomic E-state index is 12.9. The maximum atomic E-state index is 12.9. The maximum Gasteiger partial charge on any atom is 0.268 e. The zero-order valence-corrected chi connectivity index (χ0v) is 13.2. The van der Waals surface area contributed by atoms with Gasteiger partial charge in [-0.1, -0.05) is 12.1 Å². The molecule has 2 N–H and O–H groups in total. The fourth-order valence-corrected chi connectivity index (χ4v) is 1.82. The number of hydrogen-bond acceptors (Lipinski definition) is 6. The van der Waals surface area contributed by atoms with Crippen LogP contribution in [0.2, 0.25) is 0 Å². The molecular formula is C16H15FN2O6-2. The number of carboxylic acid groups (broad SMARTS) is 2. The van der Waals surface area contributed by atoms with Crippen molar-refractivity contribution in [1.29, 1.82) is 0 Å². The largest absolute Gasteiger partial charge is 0.550 e. The van der Waals surface area contributed by atoms with Gasteiger partial charge in [0, 0.05) is 12.9 Å². The number of benzene rings is 1. The van der Waals surface area contributed by atoms with E-state index in [0.717, 1.165) is 19.1 Å². The van der Waals surface area contributed by atoms with Crippen LogP contribution < -0.4 is 20.8 Å². The molecule has 1 atom stereocenters. The summed E-state index contributed by atoms with van der Waals surface area (Å²) in [4.78, 5) is 44.8. The first-order valence-corrected chi connectivity index (χ1v) is 7.15. The van der Waals surface area contributed by atoms with Crippen LogP contribution in [0.1, 0.15) is 25.3 Å². The van der Waals surface area contributed by atoms with Crippen LogP contribution in [0.5, 0.6) is 0 Å². The highest BCUT2D eigenvalue weighted by atomic mass is 19.1. The van der Waals surface area contributed by atoms with Crippen LogP contribution in [0.4, 0.5) is 4.39 Å². The minimum absolute atomic E-state index is 0.293. The van der Waals surface area contributed by atoms with E-state index < -0.39 is 48.5 Å². The third-order valence-corrected chi connectivity index (χ3v) is 2.96. The summed E-state index contributed by atoms with van der Waals surface area (Å²) in [7, 11) is 0. The van der Waals surface area contributed by atoms with Crippen molar-refractivity contribution in [2.45, 2.75) is 25.8 Å². The Balaban J connectivity index is 2.98. The molecule has 0 aliphatic carbocycles. The minimum Gasteiger partial charge on any atom is -0.550 e. The molecule has 0 aliphatic heterocycles. The summed E-state index contributed by atoms with van der Waals surface area (Å²) in [6.07, 6.45) is 0.164. The number of halogens is 1. The van der Waals surface area contributed by atoms with E-state index in [0.29, 0.717) is 5.56 Å². The Bertz CT molecular complexity index is 699. The van der Waals surface area contributed by atoms with Gasteiger partial charge in [-0.15, -0.1) is 0 Å². The smallest absolute Gasteiger partial charge is 0.268 e. The van der Waals surface area contributed by atoms with E-state index in [-0.39, 0.29) is 5.70 Å². The Morgan fingerprint density at radius 3 is 2.24 bits per heavy atom. The summed E-state index contributed by atoms with van der Waals surface area (Å²) in [6.45, 7) is 1.14. The quantitative estimate of drug-likeness (QED) is 0.524. The highest BCUT2D eigenvalue weighted by molar-refractivity contribution is 6.02. The molecule has 0 fully saturated rings. The Labute approximate surface area is 142 Å². The molecule has 0 spiro atoms. The molecule has 1 aromatic rings. The number of amides is 2. The molecule has 1 aromatic carbocycles. The van der Waals surface area contributed by atoms with Crippen LogP contribution in [0.25, 0.3) is 6.08 Å². The van der Waals surface area contributed by atoms with Crippen molar-refractivity contribution in [3.63, 3.8) is 0 Å². The second-order valence-electron chi connectivity index (χ2n) is 5.05. The van der Waals surface area contributed by atoms with Gasteiger partial charge in [0.15, 0.2) is 0 Å². The van der Waals surface area contributed by atoms with Gasteiger partial charge in [0.1, 0.15) is 11.5 Å². The lowest BCUT2D eigenvalue weighted by atomic mass is 10.1. The van der Waals surface area contributed by atoms with Gasteiger partial charge in [-0.25, -0.2) is 4.39 Å². The Morgan fingerprint density at radius 2 is 1.76 bits per heavy atom. The van der Waals surface area contributed by atoms with E-state index in [2.05, 4.69) is 10.6 Å². The van der Waals surface area contributed by atoms with E-state index in [1.165, 1.54) is 18.2 Å². The molecule has 1 rings (SSSR count). The van der Waals surface area contributed by atoms with Crippen molar-refractivity contribution in [2.24, 2.45) is 0 Å². The predicted octanol–water partition coefficient (Wildman–Crippen LogP) is -1.93. The summed E-state index contributed by atoms with van der Waals surface area (Å²) in [5.74, 6) is -5.22. The summed E-state index contributed by atoms with van der Waals surface area (Å²) < 4.78 is 12.9. The summed E-state index contributed by atoms with van der Waals surface area (Å²) in [5.41, 5.74) is 0.0823. The van der Waals surface area contributed by atoms with Crippen molar-refractivity contribution < 1.29 is 33.8 Å². The number of nitrogens with one attached hydrogen (secondary N) is 2. The lowest BCUT2D eigenvalue weighted by molar-refractivity contribution is -0.310. The van der Waals surface area contributed by atoms with E-state index in [4.69, 9.17) is 0 Å². The molecule has 134 valence electrons. The van der Waals surface area contributed by atoms with Crippen LogP contribution >= 0.6 is 0 Å². The normalized spacial score (nSPS) is 12.2. The van der Waals surface area contributed by atoms with Gasteiger partial charge in [-0.05, 0) is 36.6 Å². The first-order chi connectivity index (χ1) is 11.7. The van der Waals surface area contributed by atoms with Gasteiger partial charge >= 0.3 is 0 Å². The molecule has 8 nitrogen and oxygen atoms in total.